The third-order valence-corrected chi connectivity index (χ3v) is 6.35. The molecule has 1 amide bonds. The summed E-state index contributed by atoms with van der Waals surface area (Å²) in [6.45, 7) is 4.09. The Morgan fingerprint density at radius 3 is 2.77 bits per heavy atom. The summed E-state index contributed by atoms with van der Waals surface area (Å²) in [5, 5.41) is 0.629. The maximum absolute atomic E-state index is 12.7. The van der Waals surface area contributed by atoms with E-state index in [1.807, 2.05) is 0 Å². The molecular weight excluding hydrogens is 421 g/mol. The number of carbonyl (C=O) groups excluding carboxylic acids is 1. The predicted molar refractivity (Wildman–Crippen MR) is 103 cm³/mol. The molecule has 2 aromatic heterocycles. The summed E-state index contributed by atoms with van der Waals surface area (Å²) in [6, 6.07) is 1.95. The molecule has 2 aliphatic rings. The van der Waals surface area contributed by atoms with Crippen LogP contribution >= 0.6 is 11.8 Å². The number of amides is 1. The summed E-state index contributed by atoms with van der Waals surface area (Å²) in [6.07, 6.45) is -3.70. The van der Waals surface area contributed by atoms with E-state index in [0.29, 0.717) is 22.2 Å². The lowest BCUT2D eigenvalue weighted by molar-refractivity contribution is -0.141. The van der Waals surface area contributed by atoms with Crippen molar-refractivity contribution in [1.82, 2.24) is 19.4 Å². The van der Waals surface area contributed by atoms with E-state index in [4.69, 9.17) is 4.74 Å². The molecule has 11 heteroatoms. The standard InChI is InChI=1S/C19H19F3N4O3S/c1-10-11(2)24-18-26(17(10)28)12(9-30-18)5-16(27)25-7-14(8-25)29-13-3-4-23-15(6-13)19(20,21)22/h3-4,6,12,14H,5,7-9H2,1-2H3. The second kappa shape index (κ2) is 7.60. The number of halogens is 3. The summed E-state index contributed by atoms with van der Waals surface area (Å²) in [4.78, 5) is 34.5. The number of aryl methyl sites for hydroxylation is 1. The van der Waals surface area contributed by atoms with Crippen LogP contribution in [-0.2, 0) is 11.0 Å². The number of hydrogen-bond acceptors (Lipinski definition) is 6. The molecule has 7 nitrogen and oxygen atoms in total. The van der Waals surface area contributed by atoms with Crippen LogP contribution < -0.4 is 10.3 Å². The Labute approximate surface area is 174 Å². The Morgan fingerprint density at radius 2 is 2.07 bits per heavy atom. The minimum absolute atomic E-state index is 0.0685. The molecule has 0 saturated carbocycles. The minimum atomic E-state index is -4.54. The number of carbonyl (C=O) groups is 1. The molecule has 160 valence electrons. The summed E-state index contributed by atoms with van der Waals surface area (Å²) in [5.74, 6) is 0.546. The van der Waals surface area contributed by atoms with Crippen molar-refractivity contribution in [3.05, 3.63) is 45.6 Å². The molecule has 30 heavy (non-hydrogen) atoms. The van der Waals surface area contributed by atoms with Gasteiger partial charge < -0.3 is 9.64 Å². The van der Waals surface area contributed by atoms with Crippen LogP contribution in [-0.4, -0.2) is 50.3 Å². The first-order valence-corrected chi connectivity index (χ1v) is 10.3. The van der Waals surface area contributed by atoms with Gasteiger partial charge in [-0.3, -0.25) is 19.1 Å². The Kier molecular flexibility index (Phi) is 5.25. The number of hydrogen-bond donors (Lipinski definition) is 0. The van der Waals surface area contributed by atoms with Crippen molar-refractivity contribution < 1.29 is 22.7 Å². The molecule has 0 spiro atoms. The normalized spacial score (nSPS) is 18.8. The third kappa shape index (κ3) is 3.90. The summed E-state index contributed by atoms with van der Waals surface area (Å²) in [5.41, 5.74) is 0.127. The van der Waals surface area contributed by atoms with Crippen molar-refractivity contribution in [3.8, 4) is 5.75 Å². The van der Waals surface area contributed by atoms with Gasteiger partial charge in [0.2, 0.25) is 5.91 Å². The molecule has 0 radical (unpaired) electrons. The van der Waals surface area contributed by atoms with Crippen molar-refractivity contribution in [2.24, 2.45) is 0 Å². The van der Waals surface area contributed by atoms with Gasteiger partial charge in [0.15, 0.2) is 5.16 Å². The Balaban J connectivity index is 1.35. The van der Waals surface area contributed by atoms with E-state index in [2.05, 4.69) is 9.97 Å². The summed E-state index contributed by atoms with van der Waals surface area (Å²) < 4.78 is 45.4. The first-order valence-electron chi connectivity index (χ1n) is 9.33. The van der Waals surface area contributed by atoms with Gasteiger partial charge in [-0.25, -0.2) is 4.98 Å². The maximum atomic E-state index is 12.7. The minimum Gasteiger partial charge on any atom is -0.487 e. The number of pyridine rings is 1. The predicted octanol–water partition coefficient (Wildman–Crippen LogP) is 2.60. The molecule has 4 heterocycles. The molecule has 1 atom stereocenters. The summed E-state index contributed by atoms with van der Waals surface area (Å²) in [7, 11) is 0. The largest absolute Gasteiger partial charge is 0.487 e. The number of likely N-dealkylation sites (tertiary alicyclic amines) is 1. The van der Waals surface area contributed by atoms with E-state index in [-0.39, 0.29) is 48.9 Å². The number of nitrogens with zero attached hydrogens (tertiary/aromatic N) is 4. The summed E-state index contributed by atoms with van der Waals surface area (Å²) >= 11 is 1.46. The average Bonchev–Trinajstić information content (AvgIpc) is 3.04. The van der Waals surface area contributed by atoms with Crippen LogP contribution in [0.15, 0.2) is 28.3 Å². The Morgan fingerprint density at radius 1 is 1.33 bits per heavy atom. The fraction of sp³-hybridized carbons (Fsp3) is 0.474. The maximum Gasteiger partial charge on any atom is 0.433 e. The van der Waals surface area contributed by atoms with Crippen molar-refractivity contribution in [2.75, 3.05) is 18.8 Å². The van der Waals surface area contributed by atoms with Crippen molar-refractivity contribution in [3.63, 3.8) is 0 Å². The van der Waals surface area contributed by atoms with E-state index in [1.54, 1.807) is 23.3 Å². The van der Waals surface area contributed by atoms with Gasteiger partial charge in [0.25, 0.3) is 5.56 Å². The molecule has 1 unspecified atom stereocenters. The lowest BCUT2D eigenvalue weighted by Gasteiger charge is -2.39. The quantitative estimate of drug-likeness (QED) is 0.681. The average molecular weight is 440 g/mol. The fourth-order valence-corrected chi connectivity index (χ4v) is 4.58. The second-order valence-corrected chi connectivity index (χ2v) is 8.35. The van der Waals surface area contributed by atoms with Crippen molar-refractivity contribution >= 4 is 17.7 Å². The Hall–Kier alpha value is -2.56. The van der Waals surface area contributed by atoms with Crippen LogP contribution in [0.3, 0.4) is 0 Å². The van der Waals surface area contributed by atoms with E-state index in [0.717, 1.165) is 12.3 Å². The van der Waals surface area contributed by atoms with Crippen molar-refractivity contribution in [2.45, 2.75) is 43.7 Å². The molecule has 4 rings (SSSR count). The number of ether oxygens (including phenoxy) is 1. The fourth-order valence-electron chi connectivity index (χ4n) is 3.40. The molecule has 0 N–H and O–H groups in total. The molecule has 0 bridgehead atoms. The van der Waals surface area contributed by atoms with E-state index in [1.165, 1.54) is 17.8 Å². The molecule has 1 saturated heterocycles. The lowest BCUT2D eigenvalue weighted by atomic mass is 10.1. The molecule has 2 aliphatic heterocycles. The smallest absolute Gasteiger partial charge is 0.433 e. The molecular formula is C19H19F3N4O3S. The van der Waals surface area contributed by atoms with Gasteiger partial charge in [0.05, 0.1) is 19.1 Å². The number of alkyl halides is 3. The zero-order valence-corrected chi connectivity index (χ0v) is 17.1. The van der Waals surface area contributed by atoms with E-state index in [9.17, 15) is 22.8 Å². The van der Waals surface area contributed by atoms with Gasteiger partial charge in [-0.2, -0.15) is 13.2 Å². The zero-order chi connectivity index (χ0) is 21.6. The van der Waals surface area contributed by atoms with Gasteiger partial charge in [-0.1, -0.05) is 11.8 Å². The van der Waals surface area contributed by atoms with E-state index >= 15 is 0 Å². The van der Waals surface area contributed by atoms with E-state index < -0.39 is 11.9 Å². The highest BCUT2D eigenvalue weighted by atomic mass is 32.2. The van der Waals surface area contributed by atoms with Crippen LogP contribution in [0.25, 0.3) is 0 Å². The van der Waals surface area contributed by atoms with Gasteiger partial charge in [0, 0.05) is 35.7 Å². The highest BCUT2D eigenvalue weighted by molar-refractivity contribution is 7.99. The first-order chi connectivity index (χ1) is 14.1. The zero-order valence-electron chi connectivity index (χ0n) is 16.3. The lowest BCUT2D eigenvalue weighted by Crippen LogP contribution is -2.56. The van der Waals surface area contributed by atoms with Gasteiger partial charge in [-0.05, 0) is 19.9 Å². The molecule has 0 aliphatic carbocycles. The van der Waals surface area contributed by atoms with Crippen LogP contribution in [0, 0.1) is 13.8 Å². The van der Waals surface area contributed by atoms with Gasteiger partial charge in [0.1, 0.15) is 17.5 Å². The van der Waals surface area contributed by atoms with Crippen LogP contribution in [0.2, 0.25) is 0 Å². The number of thioether (sulfide) groups is 1. The number of fused-ring (bicyclic) bond motifs is 1. The number of aromatic nitrogens is 3. The van der Waals surface area contributed by atoms with Crippen LogP contribution in [0.5, 0.6) is 5.75 Å². The topological polar surface area (TPSA) is 77.3 Å². The highest BCUT2D eigenvalue weighted by Crippen LogP contribution is 2.34. The van der Waals surface area contributed by atoms with Crippen LogP contribution in [0.4, 0.5) is 13.2 Å². The monoisotopic (exact) mass is 440 g/mol. The number of rotatable bonds is 4. The van der Waals surface area contributed by atoms with Gasteiger partial charge >= 0.3 is 6.18 Å². The Bertz CT molecular complexity index is 1050. The first kappa shape index (κ1) is 20.7. The molecule has 0 aromatic carbocycles. The molecule has 2 aromatic rings. The molecule has 1 fully saturated rings. The third-order valence-electron chi connectivity index (χ3n) is 5.26. The van der Waals surface area contributed by atoms with Gasteiger partial charge in [-0.15, -0.1) is 0 Å². The SMILES string of the molecule is Cc1nc2n(c(=O)c1C)C(CC(=O)N1CC(Oc3ccnc(C(F)(F)F)c3)C1)CS2. The van der Waals surface area contributed by atoms with Crippen LogP contribution in [0.1, 0.15) is 29.4 Å². The second-order valence-electron chi connectivity index (χ2n) is 7.36. The van der Waals surface area contributed by atoms with Crippen molar-refractivity contribution in [1.29, 1.82) is 0 Å². The highest BCUT2D eigenvalue weighted by Gasteiger charge is 2.37.